The third kappa shape index (κ3) is 3.64. The molecule has 0 atom stereocenters. The highest BCUT2D eigenvalue weighted by Crippen LogP contribution is 2.47. The normalized spacial score (nSPS) is 16.4. The maximum absolute atomic E-state index is 4.28. The second-order valence-electron chi connectivity index (χ2n) is 10.6. The molecule has 0 radical (unpaired) electrons. The van der Waals surface area contributed by atoms with Crippen LogP contribution in [0.5, 0.6) is 0 Å². The minimum atomic E-state index is 0.879. The van der Waals surface area contributed by atoms with Crippen molar-refractivity contribution in [2.75, 3.05) is 0 Å². The molecule has 0 N–H and O–H groups in total. The summed E-state index contributed by atoms with van der Waals surface area (Å²) >= 11 is 1.76. The number of aromatic nitrogens is 1. The van der Waals surface area contributed by atoms with Gasteiger partial charge in [-0.3, -0.25) is 0 Å². The largest absolute Gasteiger partial charge is 0.309 e. The highest BCUT2D eigenvalue weighted by Gasteiger charge is 2.27. The summed E-state index contributed by atoms with van der Waals surface area (Å²) in [6, 6.07) is 40.0. The molecule has 1 nitrogen and oxygen atoms in total. The molecule has 6 aromatic rings. The fourth-order valence-corrected chi connectivity index (χ4v) is 7.40. The van der Waals surface area contributed by atoms with Crippen LogP contribution in [0.3, 0.4) is 0 Å². The third-order valence-corrected chi connectivity index (χ3v) is 9.27. The monoisotopic (exact) mass is 529 g/mol. The Morgan fingerprint density at radius 1 is 0.600 bits per heavy atom. The summed E-state index contributed by atoms with van der Waals surface area (Å²) in [5.74, 6) is 0. The molecule has 0 spiro atoms. The zero-order valence-corrected chi connectivity index (χ0v) is 22.9. The van der Waals surface area contributed by atoms with E-state index in [4.69, 9.17) is 0 Å². The first-order valence-corrected chi connectivity index (χ1v) is 14.6. The minimum Gasteiger partial charge on any atom is -0.309 e. The molecule has 2 aliphatic rings. The van der Waals surface area contributed by atoms with Crippen LogP contribution in [-0.4, -0.2) is 4.57 Å². The lowest BCUT2D eigenvalue weighted by Crippen LogP contribution is -2.00. The summed E-state index contributed by atoms with van der Waals surface area (Å²) in [4.78, 5) is 2.34. The molecule has 0 saturated heterocycles. The minimum absolute atomic E-state index is 0.879. The van der Waals surface area contributed by atoms with Gasteiger partial charge in [0, 0.05) is 26.1 Å². The van der Waals surface area contributed by atoms with Gasteiger partial charge in [-0.2, -0.15) is 0 Å². The van der Waals surface area contributed by atoms with Crippen LogP contribution in [0.2, 0.25) is 0 Å². The zero-order valence-electron chi connectivity index (χ0n) is 22.1. The summed E-state index contributed by atoms with van der Waals surface area (Å²) in [5, 5.41) is 2.58. The van der Waals surface area contributed by atoms with Crippen LogP contribution in [-0.2, 0) is 12.8 Å². The highest BCUT2D eigenvalue weighted by atomic mass is 32.2. The Morgan fingerprint density at radius 3 is 2.05 bits per heavy atom. The number of hydrogen-bond donors (Lipinski definition) is 0. The maximum Gasteiger partial charge on any atom is 0.0543 e. The molecular weight excluding hydrogens is 502 g/mol. The smallest absolute Gasteiger partial charge is 0.0543 e. The molecule has 0 amide bonds. The van der Waals surface area contributed by atoms with E-state index in [2.05, 4.69) is 139 Å². The predicted molar refractivity (Wildman–Crippen MR) is 171 cm³/mol. The van der Waals surface area contributed by atoms with Crippen LogP contribution in [0.25, 0.3) is 44.2 Å². The van der Waals surface area contributed by atoms with E-state index in [0.717, 1.165) is 17.7 Å². The molecule has 190 valence electrons. The molecule has 0 saturated carbocycles. The van der Waals surface area contributed by atoms with Gasteiger partial charge in [-0.15, -0.1) is 0 Å². The number of para-hydroxylation sites is 2. The molecule has 0 unspecified atom stereocenters. The lowest BCUT2D eigenvalue weighted by Gasteiger charge is -2.18. The van der Waals surface area contributed by atoms with Crippen molar-refractivity contribution in [3.63, 3.8) is 0 Å². The molecule has 1 aliphatic heterocycles. The lowest BCUT2D eigenvalue weighted by molar-refractivity contribution is 1.17. The van der Waals surface area contributed by atoms with Crippen molar-refractivity contribution in [1.29, 1.82) is 0 Å². The van der Waals surface area contributed by atoms with Gasteiger partial charge in [0.15, 0.2) is 0 Å². The number of fused-ring (bicyclic) bond motifs is 7. The van der Waals surface area contributed by atoms with Gasteiger partial charge in [-0.25, -0.2) is 0 Å². The fraction of sp³-hybridized carbons (Fsp3) is 0.0526. The molecule has 5 aromatic carbocycles. The average Bonchev–Trinajstić information content (AvgIpc) is 3.55. The molecule has 2 heterocycles. The molecule has 1 aliphatic carbocycles. The number of allylic oxidation sites excluding steroid dienone is 4. The van der Waals surface area contributed by atoms with Gasteiger partial charge in [-0.05, 0) is 76.6 Å². The average molecular weight is 530 g/mol. The topological polar surface area (TPSA) is 4.93 Å². The summed E-state index contributed by atoms with van der Waals surface area (Å²) in [5.41, 5.74) is 13.3. The van der Waals surface area contributed by atoms with E-state index in [-0.39, 0.29) is 0 Å². The van der Waals surface area contributed by atoms with Crippen LogP contribution in [0.15, 0.2) is 144 Å². The molecule has 1 aromatic heterocycles. The van der Waals surface area contributed by atoms with Crippen LogP contribution in [0.4, 0.5) is 0 Å². The molecule has 0 bridgehead atoms. The van der Waals surface area contributed by atoms with Gasteiger partial charge < -0.3 is 4.57 Å². The molecule has 0 fully saturated rings. The van der Waals surface area contributed by atoms with E-state index in [1.807, 2.05) is 0 Å². The Hall–Kier alpha value is -4.53. The van der Waals surface area contributed by atoms with Gasteiger partial charge in [0.05, 0.1) is 16.7 Å². The zero-order chi connectivity index (χ0) is 26.6. The van der Waals surface area contributed by atoms with Crippen molar-refractivity contribution in [1.82, 2.24) is 4.57 Å². The maximum atomic E-state index is 4.28. The summed E-state index contributed by atoms with van der Waals surface area (Å²) in [6.07, 6.45) is 8.43. The lowest BCUT2D eigenvalue weighted by atomic mass is 9.89. The summed E-state index contributed by atoms with van der Waals surface area (Å²) in [7, 11) is 0. The first kappa shape index (κ1) is 23.4. The van der Waals surface area contributed by atoms with Crippen LogP contribution < -0.4 is 0 Å². The van der Waals surface area contributed by atoms with Gasteiger partial charge in [0.25, 0.3) is 0 Å². The fourth-order valence-electron chi connectivity index (χ4n) is 6.55. The van der Waals surface area contributed by atoms with Gasteiger partial charge in [0.1, 0.15) is 0 Å². The van der Waals surface area contributed by atoms with E-state index in [0.29, 0.717) is 0 Å². The molecular formula is C38H27NS. The SMILES string of the molecule is C=C1/C=C\C=C(\c2cccc3c2-c2c(cccc2-n2c4ccccc4c4ccccc42)C3)Cc2ccccc2S1. The first-order valence-electron chi connectivity index (χ1n) is 13.8. The van der Waals surface area contributed by atoms with Crippen molar-refractivity contribution in [3.8, 4) is 16.8 Å². The van der Waals surface area contributed by atoms with E-state index in [1.54, 1.807) is 11.8 Å². The van der Waals surface area contributed by atoms with Crippen molar-refractivity contribution in [2.45, 2.75) is 17.7 Å². The van der Waals surface area contributed by atoms with Gasteiger partial charge >= 0.3 is 0 Å². The number of rotatable bonds is 2. The second-order valence-corrected chi connectivity index (χ2v) is 11.8. The van der Waals surface area contributed by atoms with E-state index in [9.17, 15) is 0 Å². The summed E-state index contributed by atoms with van der Waals surface area (Å²) < 4.78 is 2.47. The highest BCUT2D eigenvalue weighted by molar-refractivity contribution is 8.03. The second kappa shape index (κ2) is 9.29. The Morgan fingerprint density at radius 2 is 1.25 bits per heavy atom. The Bertz CT molecular complexity index is 2000. The first-order chi connectivity index (χ1) is 19.8. The number of nitrogens with zero attached hydrogens (tertiary/aromatic N) is 1. The van der Waals surface area contributed by atoms with E-state index >= 15 is 0 Å². The van der Waals surface area contributed by atoms with Gasteiger partial charge in [0.2, 0.25) is 0 Å². The number of hydrogen-bond acceptors (Lipinski definition) is 1. The van der Waals surface area contributed by atoms with Crippen molar-refractivity contribution in [2.24, 2.45) is 0 Å². The molecule has 40 heavy (non-hydrogen) atoms. The van der Waals surface area contributed by atoms with Crippen molar-refractivity contribution >= 4 is 39.1 Å². The summed E-state index contributed by atoms with van der Waals surface area (Å²) in [6.45, 7) is 4.28. The van der Waals surface area contributed by atoms with E-state index < -0.39 is 0 Å². The van der Waals surface area contributed by atoms with Crippen LogP contribution in [0.1, 0.15) is 22.3 Å². The van der Waals surface area contributed by atoms with Gasteiger partial charge in [-0.1, -0.05) is 115 Å². The number of benzene rings is 5. The standard InChI is InChI=1S/C38H27NS/c1-25-11-8-13-26(23-27-12-2-7-22-36(27)40-25)30-18-9-14-28-24-29-15-10-21-35(38(29)37(28)30)39-33-19-5-3-16-31(33)32-17-4-6-20-34(32)39/h2-22H,1,23-24H2/b11-8-,26-13+. The van der Waals surface area contributed by atoms with Crippen molar-refractivity contribution < 1.29 is 0 Å². The van der Waals surface area contributed by atoms with Crippen molar-refractivity contribution in [3.05, 3.63) is 161 Å². The molecule has 8 rings (SSSR count). The van der Waals surface area contributed by atoms with Crippen LogP contribution in [0, 0.1) is 0 Å². The Labute approximate surface area is 238 Å². The molecule has 2 heteroatoms. The Balaban J connectivity index is 1.39. The Kier molecular flexibility index (Phi) is 5.43. The predicted octanol–water partition coefficient (Wildman–Crippen LogP) is 10.2. The third-order valence-electron chi connectivity index (χ3n) is 8.25. The number of thioether (sulfide) groups is 1. The van der Waals surface area contributed by atoms with Crippen LogP contribution >= 0.6 is 11.8 Å². The quantitative estimate of drug-likeness (QED) is 0.216. The van der Waals surface area contributed by atoms with E-state index in [1.165, 1.54) is 71.3 Å².